The summed E-state index contributed by atoms with van der Waals surface area (Å²) in [7, 11) is 19.1. The first-order valence-electron chi connectivity index (χ1n) is 3.99. The van der Waals surface area contributed by atoms with Crippen molar-refractivity contribution in [2.75, 3.05) is 0 Å². The van der Waals surface area contributed by atoms with Crippen molar-refractivity contribution in [3.63, 3.8) is 0 Å². The molecule has 0 bridgehead atoms. The van der Waals surface area contributed by atoms with E-state index in [1.165, 1.54) is 0 Å². The fourth-order valence-corrected chi connectivity index (χ4v) is 1.49. The molecule has 1 aromatic carbocycles. The molecule has 1 heterocycles. The minimum atomic E-state index is 0.574. The third-order valence-electron chi connectivity index (χ3n) is 2.23. The van der Waals surface area contributed by atoms with Crippen molar-refractivity contribution in [2.45, 2.75) is 0 Å². The molecule has 0 aliphatic rings. The first kappa shape index (κ1) is 8.55. The Balaban J connectivity index is 2.91. The zero-order valence-corrected chi connectivity index (χ0v) is 7.41. The van der Waals surface area contributed by atoms with Gasteiger partial charge in [-0.3, -0.25) is 0 Å². The second-order valence-electron chi connectivity index (χ2n) is 3.19. The SMILES string of the molecule is [B]c1cc2c([B])cn(C)c2cc1[B]. The van der Waals surface area contributed by atoms with Crippen molar-refractivity contribution in [1.29, 1.82) is 0 Å². The van der Waals surface area contributed by atoms with Crippen LogP contribution < -0.4 is 16.4 Å². The van der Waals surface area contributed by atoms with Crippen molar-refractivity contribution in [3.05, 3.63) is 18.3 Å². The van der Waals surface area contributed by atoms with Crippen LogP contribution in [-0.2, 0) is 7.05 Å². The third kappa shape index (κ3) is 1.21. The van der Waals surface area contributed by atoms with Gasteiger partial charge in [-0.15, -0.1) is 10.9 Å². The summed E-state index contributed by atoms with van der Waals surface area (Å²) < 4.78 is 1.93. The van der Waals surface area contributed by atoms with Gasteiger partial charge in [0.15, 0.2) is 0 Å². The minimum absolute atomic E-state index is 0.574. The standard InChI is InChI=1S/C9H6B3N/c1-13-4-8(12)5-2-6(10)7(11)3-9(5)13/h2-4H,1H3. The molecular formula is C9H6B3N. The van der Waals surface area contributed by atoms with Gasteiger partial charge in [0, 0.05) is 12.6 Å². The van der Waals surface area contributed by atoms with E-state index in [4.69, 9.17) is 23.5 Å². The van der Waals surface area contributed by atoms with Crippen LogP contribution in [0.15, 0.2) is 18.3 Å². The summed E-state index contributed by atoms with van der Waals surface area (Å²) in [5.41, 5.74) is 2.90. The number of aromatic nitrogens is 1. The first-order valence-corrected chi connectivity index (χ1v) is 3.99. The van der Waals surface area contributed by atoms with Gasteiger partial charge in [0.2, 0.25) is 0 Å². The van der Waals surface area contributed by atoms with Gasteiger partial charge in [-0.25, -0.2) is 0 Å². The molecule has 0 aliphatic carbocycles. The highest BCUT2D eigenvalue weighted by Crippen LogP contribution is 2.07. The van der Waals surface area contributed by atoms with Crippen LogP contribution in [0.4, 0.5) is 0 Å². The zero-order valence-electron chi connectivity index (χ0n) is 7.41. The number of aryl methyl sites for hydroxylation is 1. The first-order chi connectivity index (χ1) is 6.09. The summed E-state index contributed by atoms with van der Waals surface area (Å²) in [6, 6.07) is 3.64. The maximum Gasteiger partial charge on any atom is 0.116 e. The minimum Gasteiger partial charge on any atom is -0.351 e. The Bertz CT molecular complexity index is 431. The van der Waals surface area contributed by atoms with Gasteiger partial charge in [-0.1, -0.05) is 11.5 Å². The molecule has 1 aromatic heterocycles. The summed E-state index contributed by atoms with van der Waals surface area (Å²) >= 11 is 0. The highest BCUT2D eigenvalue weighted by atomic mass is 14.9. The van der Waals surface area contributed by atoms with E-state index in [-0.39, 0.29) is 0 Å². The van der Waals surface area contributed by atoms with Gasteiger partial charge < -0.3 is 4.57 Å². The topological polar surface area (TPSA) is 4.93 Å². The largest absolute Gasteiger partial charge is 0.351 e. The van der Waals surface area contributed by atoms with Crippen LogP contribution in [0.1, 0.15) is 0 Å². The summed E-state index contributed by atoms with van der Waals surface area (Å²) in [6.07, 6.45) is 1.85. The monoisotopic (exact) mass is 161 g/mol. The number of hydrogen-bond donors (Lipinski definition) is 0. The van der Waals surface area contributed by atoms with E-state index in [2.05, 4.69) is 0 Å². The van der Waals surface area contributed by atoms with E-state index < -0.39 is 0 Å². The Kier molecular flexibility index (Phi) is 1.79. The number of benzene rings is 1. The molecule has 2 aromatic rings. The molecule has 0 spiro atoms. The molecule has 56 valence electrons. The summed E-state index contributed by atoms with van der Waals surface area (Å²) in [5.74, 6) is 0. The molecule has 0 atom stereocenters. The highest BCUT2D eigenvalue weighted by Gasteiger charge is 2.03. The molecule has 2 rings (SSSR count). The van der Waals surface area contributed by atoms with Crippen molar-refractivity contribution in [1.82, 2.24) is 4.57 Å². The fourth-order valence-electron chi connectivity index (χ4n) is 1.49. The average molecular weight is 161 g/mol. The fraction of sp³-hybridized carbons (Fsp3) is 0.111. The van der Waals surface area contributed by atoms with Crippen molar-refractivity contribution in [2.24, 2.45) is 7.05 Å². The van der Waals surface area contributed by atoms with E-state index in [1.807, 2.05) is 23.9 Å². The molecule has 4 heteroatoms. The Hall–Kier alpha value is -1.05. The normalized spacial score (nSPS) is 10.8. The van der Waals surface area contributed by atoms with Crippen molar-refractivity contribution in [3.8, 4) is 0 Å². The van der Waals surface area contributed by atoms with Gasteiger partial charge >= 0.3 is 0 Å². The van der Waals surface area contributed by atoms with E-state index in [1.54, 1.807) is 6.07 Å². The summed E-state index contributed by atoms with van der Waals surface area (Å²) in [6.45, 7) is 0. The van der Waals surface area contributed by atoms with Gasteiger partial charge in [0.25, 0.3) is 0 Å². The summed E-state index contributed by atoms with van der Waals surface area (Å²) in [4.78, 5) is 0. The van der Waals surface area contributed by atoms with E-state index in [0.29, 0.717) is 10.9 Å². The number of rotatable bonds is 0. The predicted molar refractivity (Wildman–Crippen MR) is 59.1 cm³/mol. The second kappa shape index (κ2) is 2.73. The molecule has 0 saturated carbocycles. The van der Waals surface area contributed by atoms with Gasteiger partial charge in [-0.2, -0.15) is 0 Å². The Morgan fingerprint density at radius 1 is 1.00 bits per heavy atom. The molecule has 1 nitrogen and oxygen atoms in total. The second-order valence-corrected chi connectivity index (χ2v) is 3.19. The zero-order chi connectivity index (χ0) is 9.59. The third-order valence-corrected chi connectivity index (χ3v) is 2.23. The van der Waals surface area contributed by atoms with Crippen molar-refractivity contribution < 1.29 is 0 Å². The van der Waals surface area contributed by atoms with Gasteiger partial charge in [-0.05, 0) is 17.6 Å². The lowest BCUT2D eigenvalue weighted by atomic mass is 9.79. The van der Waals surface area contributed by atoms with Crippen molar-refractivity contribution >= 4 is 50.8 Å². The smallest absolute Gasteiger partial charge is 0.116 e. The lowest BCUT2D eigenvalue weighted by Crippen LogP contribution is -2.25. The van der Waals surface area contributed by atoms with Crippen LogP contribution in [0.25, 0.3) is 10.9 Å². The molecule has 0 N–H and O–H groups in total. The van der Waals surface area contributed by atoms with Gasteiger partial charge in [0.1, 0.15) is 23.5 Å². The predicted octanol–water partition coefficient (Wildman–Crippen LogP) is -1.44. The molecule has 0 unspecified atom stereocenters. The number of nitrogens with zero attached hydrogens (tertiary/aromatic N) is 1. The van der Waals surface area contributed by atoms with Crippen LogP contribution >= 0.6 is 0 Å². The van der Waals surface area contributed by atoms with Gasteiger partial charge in [0.05, 0.1) is 0 Å². The van der Waals surface area contributed by atoms with E-state index >= 15 is 0 Å². The number of hydrogen-bond acceptors (Lipinski definition) is 0. The lowest BCUT2D eigenvalue weighted by molar-refractivity contribution is 0.973. The maximum atomic E-state index is 5.78. The summed E-state index contributed by atoms with van der Waals surface area (Å²) in [5, 5.41) is 0.953. The average Bonchev–Trinajstić information content (AvgIpc) is 2.31. The molecular weight excluding hydrogens is 155 g/mol. The maximum absolute atomic E-state index is 5.78. The Morgan fingerprint density at radius 2 is 1.62 bits per heavy atom. The molecule has 0 aliphatic heterocycles. The van der Waals surface area contributed by atoms with E-state index in [0.717, 1.165) is 16.4 Å². The Morgan fingerprint density at radius 3 is 2.31 bits per heavy atom. The lowest BCUT2D eigenvalue weighted by Gasteiger charge is -2.03. The molecule has 13 heavy (non-hydrogen) atoms. The highest BCUT2D eigenvalue weighted by molar-refractivity contribution is 6.50. The van der Waals surface area contributed by atoms with E-state index in [9.17, 15) is 0 Å². The van der Waals surface area contributed by atoms with Crippen LogP contribution in [0, 0.1) is 0 Å². The Labute approximate surface area is 81.4 Å². The molecule has 6 radical (unpaired) electrons. The molecule has 0 fully saturated rings. The van der Waals surface area contributed by atoms with Crippen LogP contribution in [0.3, 0.4) is 0 Å². The van der Waals surface area contributed by atoms with Crippen LogP contribution in [-0.4, -0.2) is 28.1 Å². The van der Waals surface area contributed by atoms with Crippen LogP contribution in [0.2, 0.25) is 0 Å². The molecule has 0 amide bonds. The quantitative estimate of drug-likeness (QED) is 0.416. The van der Waals surface area contributed by atoms with Crippen LogP contribution in [0.5, 0.6) is 0 Å². The number of fused-ring (bicyclic) bond motifs is 1. The molecule has 0 saturated heterocycles.